The maximum Gasteiger partial charge on any atom is 0.305 e. The molecule has 6 heteroatoms. The zero-order valence-corrected chi connectivity index (χ0v) is 9.65. The van der Waals surface area contributed by atoms with Crippen LogP contribution in [0, 0.1) is 0 Å². The molecule has 0 aromatic heterocycles. The number of carbonyl (C=O) groups excluding carboxylic acids is 2. The largest absolute Gasteiger partial charge is 0.481 e. The normalized spacial score (nSPS) is 9.62. The number of carboxylic acids is 1. The van der Waals surface area contributed by atoms with Crippen molar-refractivity contribution in [3.63, 3.8) is 0 Å². The van der Waals surface area contributed by atoms with Crippen LogP contribution < -0.4 is 5.32 Å². The van der Waals surface area contributed by atoms with E-state index in [9.17, 15) is 14.4 Å². The third-order valence-electron chi connectivity index (χ3n) is 2.04. The Kier molecular flexibility index (Phi) is 6.91. The fraction of sp³-hybridized carbons (Fsp3) is 0.700. The molecule has 0 rings (SSSR count). The van der Waals surface area contributed by atoms with Gasteiger partial charge < -0.3 is 15.3 Å². The van der Waals surface area contributed by atoms with Crippen LogP contribution in [0.4, 0.5) is 0 Å². The molecule has 2 N–H and O–H groups in total. The molecule has 0 aromatic rings. The highest BCUT2D eigenvalue weighted by Gasteiger charge is 2.12. The summed E-state index contributed by atoms with van der Waals surface area (Å²) in [5, 5.41) is 11.0. The average molecular weight is 230 g/mol. The first-order valence-electron chi connectivity index (χ1n) is 5.21. The molecule has 0 saturated heterocycles. The Balaban J connectivity index is 3.91. The van der Waals surface area contributed by atoms with Gasteiger partial charge in [0.25, 0.3) is 0 Å². The molecule has 0 spiro atoms. The van der Waals surface area contributed by atoms with Crippen LogP contribution in [-0.2, 0) is 14.4 Å². The van der Waals surface area contributed by atoms with Crippen molar-refractivity contribution in [2.45, 2.75) is 26.7 Å². The first-order valence-corrected chi connectivity index (χ1v) is 5.21. The standard InChI is InChI=1S/C10H18N2O4/c1-3-12(7-5-10(15)16)9(14)4-6-11-8(2)13/h3-7H2,1-2H3,(H,11,13)(H,15,16). The zero-order valence-electron chi connectivity index (χ0n) is 9.65. The van der Waals surface area contributed by atoms with E-state index in [2.05, 4.69) is 5.32 Å². The van der Waals surface area contributed by atoms with E-state index in [-0.39, 0.29) is 37.7 Å². The number of nitrogens with zero attached hydrogens (tertiary/aromatic N) is 1. The van der Waals surface area contributed by atoms with Crippen molar-refractivity contribution in [2.24, 2.45) is 0 Å². The van der Waals surface area contributed by atoms with Crippen molar-refractivity contribution in [1.29, 1.82) is 0 Å². The molecular weight excluding hydrogens is 212 g/mol. The van der Waals surface area contributed by atoms with Crippen molar-refractivity contribution < 1.29 is 19.5 Å². The Labute approximate surface area is 94.6 Å². The van der Waals surface area contributed by atoms with Gasteiger partial charge in [0, 0.05) is 33.0 Å². The van der Waals surface area contributed by atoms with Crippen molar-refractivity contribution in [1.82, 2.24) is 10.2 Å². The number of carbonyl (C=O) groups is 3. The topological polar surface area (TPSA) is 86.7 Å². The molecule has 0 aliphatic heterocycles. The van der Waals surface area contributed by atoms with E-state index in [0.717, 1.165) is 0 Å². The van der Waals surface area contributed by atoms with E-state index in [4.69, 9.17) is 5.11 Å². The summed E-state index contributed by atoms with van der Waals surface area (Å²) in [5.41, 5.74) is 0. The predicted molar refractivity (Wildman–Crippen MR) is 57.8 cm³/mol. The quantitative estimate of drug-likeness (QED) is 0.636. The first-order chi connectivity index (χ1) is 7.47. The molecule has 0 aliphatic rings. The molecular formula is C10H18N2O4. The van der Waals surface area contributed by atoms with Crippen molar-refractivity contribution >= 4 is 17.8 Å². The second-order valence-electron chi connectivity index (χ2n) is 3.35. The highest BCUT2D eigenvalue weighted by atomic mass is 16.4. The summed E-state index contributed by atoms with van der Waals surface area (Å²) >= 11 is 0. The molecule has 0 aromatic carbocycles. The maximum absolute atomic E-state index is 11.5. The van der Waals surface area contributed by atoms with Crippen LogP contribution in [0.3, 0.4) is 0 Å². The van der Waals surface area contributed by atoms with E-state index < -0.39 is 5.97 Å². The molecule has 16 heavy (non-hydrogen) atoms. The minimum absolute atomic E-state index is 0.0558. The summed E-state index contributed by atoms with van der Waals surface area (Å²) in [7, 11) is 0. The fourth-order valence-corrected chi connectivity index (χ4v) is 1.19. The number of aliphatic carboxylic acids is 1. The van der Waals surface area contributed by atoms with Crippen LogP contribution in [0.15, 0.2) is 0 Å². The van der Waals surface area contributed by atoms with Crippen molar-refractivity contribution in [2.75, 3.05) is 19.6 Å². The first kappa shape index (κ1) is 14.4. The van der Waals surface area contributed by atoms with Gasteiger partial charge in [0.05, 0.1) is 6.42 Å². The number of rotatable bonds is 7. The number of hydrogen-bond donors (Lipinski definition) is 2. The monoisotopic (exact) mass is 230 g/mol. The van der Waals surface area contributed by atoms with E-state index >= 15 is 0 Å². The Hall–Kier alpha value is -1.59. The van der Waals surface area contributed by atoms with Gasteiger partial charge in [-0.2, -0.15) is 0 Å². The van der Waals surface area contributed by atoms with Crippen molar-refractivity contribution in [3.05, 3.63) is 0 Å². The second-order valence-corrected chi connectivity index (χ2v) is 3.35. The summed E-state index contributed by atoms with van der Waals surface area (Å²) in [6, 6.07) is 0. The number of amides is 2. The molecule has 6 nitrogen and oxygen atoms in total. The summed E-state index contributed by atoms with van der Waals surface area (Å²) in [5.74, 6) is -1.24. The number of nitrogens with one attached hydrogen (secondary N) is 1. The molecule has 2 amide bonds. The third-order valence-corrected chi connectivity index (χ3v) is 2.04. The summed E-state index contributed by atoms with van der Waals surface area (Å²) in [6.45, 7) is 4.15. The van der Waals surface area contributed by atoms with Gasteiger partial charge in [-0.1, -0.05) is 0 Å². The van der Waals surface area contributed by atoms with Gasteiger partial charge in [0.15, 0.2) is 0 Å². The van der Waals surface area contributed by atoms with Crippen LogP contribution in [0.1, 0.15) is 26.7 Å². The molecule has 0 fully saturated rings. The molecule has 92 valence electrons. The zero-order chi connectivity index (χ0) is 12.6. The van der Waals surface area contributed by atoms with E-state index in [1.54, 1.807) is 6.92 Å². The van der Waals surface area contributed by atoms with Gasteiger partial charge >= 0.3 is 5.97 Å². The van der Waals surface area contributed by atoms with Gasteiger partial charge in [-0.05, 0) is 6.92 Å². The number of hydrogen-bond acceptors (Lipinski definition) is 3. The third kappa shape index (κ3) is 6.80. The fourth-order valence-electron chi connectivity index (χ4n) is 1.19. The lowest BCUT2D eigenvalue weighted by Crippen LogP contribution is -2.35. The highest BCUT2D eigenvalue weighted by molar-refractivity contribution is 5.78. The lowest BCUT2D eigenvalue weighted by Gasteiger charge is -2.19. The summed E-state index contributed by atoms with van der Waals surface area (Å²) in [6.07, 6.45) is 0.146. The summed E-state index contributed by atoms with van der Waals surface area (Å²) in [4.78, 5) is 33.9. The smallest absolute Gasteiger partial charge is 0.305 e. The van der Waals surface area contributed by atoms with Crippen LogP contribution in [0.2, 0.25) is 0 Å². The average Bonchev–Trinajstić information content (AvgIpc) is 2.17. The molecule has 0 saturated carbocycles. The van der Waals surface area contributed by atoms with Gasteiger partial charge in [0.2, 0.25) is 11.8 Å². The minimum atomic E-state index is -0.923. The Morgan fingerprint density at radius 3 is 2.31 bits per heavy atom. The number of carboxylic acid groups (broad SMARTS) is 1. The second kappa shape index (κ2) is 7.67. The SMILES string of the molecule is CCN(CCC(=O)O)C(=O)CCNC(C)=O. The lowest BCUT2D eigenvalue weighted by atomic mass is 10.3. The van der Waals surface area contributed by atoms with Crippen molar-refractivity contribution in [3.8, 4) is 0 Å². The Bertz CT molecular complexity index is 266. The molecule has 0 radical (unpaired) electrons. The van der Waals surface area contributed by atoms with Gasteiger partial charge in [-0.15, -0.1) is 0 Å². The van der Waals surface area contributed by atoms with E-state index in [1.807, 2.05) is 0 Å². The van der Waals surface area contributed by atoms with E-state index in [0.29, 0.717) is 6.54 Å². The van der Waals surface area contributed by atoms with Crippen LogP contribution in [0.25, 0.3) is 0 Å². The predicted octanol–water partition coefficient (Wildman–Crippen LogP) is -0.164. The molecule has 0 heterocycles. The molecule has 0 aliphatic carbocycles. The van der Waals surface area contributed by atoms with Gasteiger partial charge in [-0.25, -0.2) is 0 Å². The van der Waals surface area contributed by atoms with Crippen LogP contribution >= 0.6 is 0 Å². The minimum Gasteiger partial charge on any atom is -0.481 e. The maximum atomic E-state index is 11.5. The Morgan fingerprint density at radius 2 is 1.88 bits per heavy atom. The van der Waals surface area contributed by atoms with Gasteiger partial charge in [0.1, 0.15) is 0 Å². The lowest BCUT2D eigenvalue weighted by molar-refractivity contribution is -0.138. The molecule has 0 unspecified atom stereocenters. The highest BCUT2D eigenvalue weighted by Crippen LogP contribution is 1.96. The van der Waals surface area contributed by atoms with E-state index in [1.165, 1.54) is 11.8 Å². The van der Waals surface area contributed by atoms with Crippen LogP contribution in [-0.4, -0.2) is 47.4 Å². The molecule has 0 bridgehead atoms. The Morgan fingerprint density at radius 1 is 1.25 bits per heavy atom. The summed E-state index contributed by atoms with van der Waals surface area (Å²) < 4.78 is 0. The molecule has 0 atom stereocenters. The van der Waals surface area contributed by atoms with Crippen LogP contribution in [0.5, 0.6) is 0 Å². The van der Waals surface area contributed by atoms with Gasteiger partial charge in [-0.3, -0.25) is 14.4 Å².